The predicted molar refractivity (Wildman–Crippen MR) is 72.4 cm³/mol. The second kappa shape index (κ2) is 5.99. The molecular formula is C11H21BrN2O2S. The third kappa shape index (κ3) is 3.66. The summed E-state index contributed by atoms with van der Waals surface area (Å²) >= 11 is 3.66. The molecule has 2 aliphatic rings. The highest BCUT2D eigenvalue weighted by Crippen LogP contribution is 2.29. The lowest BCUT2D eigenvalue weighted by Crippen LogP contribution is -2.42. The Bertz CT molecular complexity index is 341. The summed E-state index contributed by atoms with van der Waals surface area (Å²) in [4.78, 5) is 0.470. The molecule has 1 saturated heterocycles. The summed E-state index contributed by atoms with van der Waals surface area (Å²) in [5.74, 6) is 0.445. The second-order valence-corrected chi connectivity index (χ2v) is 7.95. The molecule has 2 rings (SSSR count). The normalized spacial score (nSPS) is 31.8. The van der Waals surface area contributed by atoms with Crippen LogP contribution >= 0.6 is 15.9 Å². The highest BCUT2D eigenvalue weighted by molar-refractivity contribution is 9.09. The van der Waals surface area contributed by atoms with E-state index in [0.29, 0.717) is 30.4 Å². The van der Waals surface area contributed by atoms with Crippen LogP contribution in [0.1, 0.15) is 38.5 Å². The van der Waals surface area contributed by atoms with E-state index in [1.54, 1.807) is 4.31 Å². The molecular weight excluding hydrogens is 304 g/mol. The number of nitrogens with zero attached hydrogens (tertiary/aromatic N) is 1. The molecule has 0 aromatic carbocycles. The summed E-state index contributed by atoms with van der Waals surface area (Å²) < 4.78 is 28.3. The lowest BCUT2D eigenvalue weighted by atomic mass is 9.89. The van der Waals surface area contributed by atoms with Crippen molar-refractivity contribution in [3.63, 3.8) is 0 Å². The number of halogens is 1. The van der Waals surface area contributed by atoms with E-state index in [1.165, 1.54) is 12.8 Å². The summed E-state index contributed by atoms with van der Waals surface area (Å²) in [6.45, 7) is 1.93. The first-order valence-corrected chi connectivity index (χ1v) is 8.84. The summed E-state index contributed by atoms with van der Waals surface area (Å²) in [5, 5.41) is 0. The fourth-order valence-corrected chi connectivity index (χ4v) is 4.75. The standard InChI is InChI=1S/C11H21BrN2O2S/c12-11-6-2-1-5-10(11)9-13-17(15,16)14-7-3-4-8-14/h10-11,13H,1-9H2. The quantitative estimate of drug-likeness (QED) is 0.802. The van der Waals surface area contributed by atoms with Gasteiger partial charge in [-0.05, 0) is 31.6 Å². The van der Waals surface area contributed by atoms with Crippen LogP contribution in [0.2, 0.25) is 0 Å². The monoisotopic (exact) mass is 324 g/mol. The third-order valence-electron chi connectivity index (χ3n) is 3.75. The maximum absolute atomic E-state index is 12.0. The van der Waals surface area contributed by atoms with Crippen molar-refractivity contribution >= 4 is 26.1 Å². The second-order valence-electron chi connectivity index (χ2n) is 5.02. The van der Waals surface area contributed by atoms with E-state index in [0.717, 1.165) is 25.7 Å². The van der Waals surface area contributed by atoms with Crippen LogP contribution in [-0.2, 0) is 10.2 Å². The first-order valence-electron chi connectivity index (χ1n) is 6.48. The van der Waals surface area contributed by atoms with Crippen LogP contribution in [0.15, 0.2) is 0 Å². The molecule has 0 bridgehead atoms. The van der Waals surface area contributed by atoms with Gasteiger partial charge in [-0.25, -0.2) is 4.72 Å². The van der Waals surface area contributed by atoms with Crippen molar-refractivity contribution in [2.24, 2.45) is 5.92 Å². The van der Waals surface area contributed by atoms with Crippen LogP contribution in [0.5, 0.6) is 0 Å². The topological polar surface area (TPSA) is 49.4 Å². The summed E-state index contributed by atoms with van der Waals surface area (Å²) in [6.07, 6.45) is 6.74. The number of hydrogen-bond acceptors (Lipinski definition) is 2. The smallest absolute Gasteiger partial charge is 0.202 e. The van der Waals surface area contributed by atoms with Crippen molar-refractivity contribution in [2.75, 3.05) is 19.6 Å². The van der Waals surface area contributed by atoms with E-state index in [2.05, 4.69) is 20.7 Å². The minimum Gasteiger partial charge on any atom is -0.202 e. The molecule has 2 atom stereocenters. The Morgan fingerprint density at radius 3 is 2.41 bits per heavy atom. The highest BCUT2D eigenvalue weighted by atomic mass is 79.9. The molecule has 2 fully saturated rings. The number of hydrogen-bond donors (Lipinski definition) is 1. The Kier molecular flexibility index (Phi) is 4.86. The predicted octanol–water partition coefficient (Wildman–Crippen LogP) is 1.87. The van der Waals surface area contributed by atoms with Crippen LogP contribution in [0.25, 0.3) is 0 Å². The van der Waals surface area contributed by atoms with E-state index in [9.17, 15) is 8.42 Å². The van der Waals surface area contributed by atoms with Gasteiger partial charge in [0, 0.05) is 24.5 Å². The van der Waals surface area contributed by atoms with Crippen LogP contribution < -0.4 is 4.72 Å². The van der Waals surface area contributed by atoms with Gasteiger partial charge in [-0.2, -0.15) is 12.7 Å². The van der Waals surface area contributed by atoms with Gasteiger partial charge in [0.05, 0.1) is 0 Å². The van der Waals surface area contributed by atoms with Crippen molar-refractivity contribution in [2.45, 2.75) is 43.4 Å². The average molecular weight is 325 g/mol. The first kappa shape index (κ1) is 13.8. The van der Waals surface area contributed by atoms with Crippen LogP contribution in [0, 0.1) is 5.92 Å². The molecule has 6 heteroatoms. The largest absolute Gasteiger partial charge is 0.279 e. The summed E-state index contributed by atoms with van der Waals surface area (Å²) in [6, 6.07) is 0. The molecule has 1 heterocycles. The lowest BCUT2D eigenvalue weighted by molar-refractivity contribution is 0.367. The van der Waals surface area contributed by atoms with Gasteiger partial charge in [-0.15, -0.1) is 0 Å². The Morgan fingerprint density at radius 2 is 1.76 bits per heavy atom. The van der Waals surface area contributed by atoms with Gasteiger partial charge in [0.2, 0.25) is 0 Å². The fourth-order valence-electron chi connectivity index (χ4n) is 2.62. The van der Waals surface area contributed by atoms with Crippen molar-refractivity contribution in [1.82, 2.24) is 9.03 Å². The Morgan fingerprint density at radius 1 is 1.12 bits per heavy atom. The van der Waals surface area contributed by atoms with Crippen molar-refractivity contribution in [1.29, 1.82) is 0 Å². The SMILES string of the molecule is O=S(=O)(NCC1CCCCC1Br)N1CCCC1. The molecule has 100 valence electrons. The van der Waals surface area contributed by atoms with E-state index in [-0.39, 0.29) is 0 Å². The van der Waals surface area contributed by atoms with Crippen LogP contribution in [-0.4, -0.2) is 37.2 Å². The number of rotatable bonds is 4. The molecule has 0 aromatic rings. The van der Waals surface area contributed by atoms with Crippen molar-refractivity contribution in [3.8, 4) is 0 Å². The molecule has 0 amide bonds. The lowest BCUT2D eigenvalue weighted by Gasteiger charge is -2.28. The van der Waals surface area contributed by atoms with Gasteiger partial charge in [-0.1, -0.05) is 28.8 Å². The van der Waals surface area contributed by atoms with E-state index >= 15 is 0 Å². The van der Waals surface area contributed by atoms with E-state index in [1.807, 2.05) is 0 Å². The van der Waals surface area contributed by atoms with Gasteiger partial charge >= 0.3 is 0 Å². The zero-order valence-electron chi connectivity index (χ0n) is 10.1. The Balaban J connectivity index is 1.84. The third-order valence-corrected chi connectivity index (χ3v) is 6.53. The molecule has 4 nitrogen and oxygen atoms in total. The minimum absolute atomic E-state index is 0.445. The molecule has 0 spiro atoms. The maximum Gasteiger partial charge on any atom is 0.279 e. The maximum atomic E-state index is 12.0. The summed E-state index contributed by atoms with van der Waals surface area (Å²) in [5.41, 5.74) is 0. The van der Waals surface area contributed by atoms with Gasteiger partial charge in [-0.3, -0.25) is 0 Å². The molecule has 1 N–H and O–H groups in total. The van der Waals surface area contributed by atoms with E-state index < -0.39 is 10.2 Å². The van der Waals surface area contributed by atoms with Crippen LogP contribution in [0.3, 0.4) is 0 Å². The van der Waals surface area contributed by atoms with Gasteiger partial charge in [0.15, 0.2) is 0 Å². The number of nitrogens with one attached hydrogen (secondary N) is 1. The van der Waals surface area contributed by atoms with Crippen molar-refractivity contribution < 1.29 is 8.42 Å². The zero-order chi connectivity index (χ0) is 12.3. The number of alkyl halides is 1. The highest BCUT2D eigenvalue weighted by Gasteiger charge is 2.28. The van der Waals surface area contributed by atoms with Crippen molar-refractivity contribution in [3.05, 3.63) is 0 Å². The Hall–Kier alpha value is 0.350. The molecule has 17 heavy (non-hydrogen) atoms. The molecule has 2 unspecified atom stereocenters. The van der Waals surface area contributed by atoms with Gasteiger partial charge in [0.1, 0.15) is 0 Å². The average Bonchev–Trinajstić information content (AvgIpc) is 2.82. The van der Waals surface area contributed by atoms with E-state index in [4.69, 9.17) is 0 Å². The summed E-state index contributed by atoms with van der Waals surface area (Å²) in [7, 11) is -3.22. The molecule has 0 aromatic heterocycles. The van der Waals surface area contributed by atoms with Gasteiger partial charge < -0.3 is 0 Å². The molecule has 1 aliphatic heterocycles. The zero-order valence-corrected chi connectivity index (χ0v) is 12.5. The first-order chi connectivity index (χ1) is 8.09. The van der Waals surface area contributed by atoms with Gasteiger partial charge in [0.25, 0.3) is 10.2 Å². The molecule has 1 saturated carbocycles. The minimum atomic E-state index is -3.22. The Labute approximate surface area is 112 Å². The molecule has 0 radical (unpaired) electrons. The molecule has 1 aliphatic carbocycles. The fraction of sp³-hybridized carbons (Fsp3) is 1.00. The van der Waals surface area contributed by atoms with Crippen LogP contribution in [0.4, 0.5) is 0 Å².